The summed E-state index contributed by atoms with van der Waals surface area (Å²) in [6.45, 7) is 0. The minimum atomic E-state index is -0.407. The van der Waals surface area contributed by atoms with E-state index in [1.807, 2.05) is 36.4 Å². The second-order valence-electron chi connectivity index (χ2n) is 4.67. The first-order valence-corrected chi connectivity index (χ1v) is 8.01. The summed E-state index contributed by atoms with van der Waals surface area (Å²) in [7, 11) is 0. The number of hydrogen-bond acceptors (Lipinski definition) is 2. The van der Waals surface area contributed by atoms with Crippen LogP contribution in [0.4, 0.5) is 5.69 Å². The maximum atomic E-state index is 12.4. The molecule has 1 saturated heterocycles. The third-order valence-electron chi connectivity index (χ3n) is 3.16. The molecule has 0 radical (unpaired) electrons. The van der Waals surface area contributed by atoms with Gasteiger partial charge in [0.15, 0.2) is 0 Å². The van der Waals surface area contributed by atoms with Gasteiger partial charge in [0.2, 0.25) is 0 Å². The highest BCUT2D eigenvalue weighted by Gasteiger charge is 2.34. The Morgan fingerprint density at radius 1 is 0.864 bits per heavy atom. The normalized spacial score (nSPS) is 16.3. The van der Waals surface area contributed by atoms with Crippen LogP contribution in [0.25, 0.3) is 6.08 Å². The molecule has 0 spiro atoms. The van der Waals surface area contributed by atoms with Crippen LogP contribution in [0.2, 0.25) is 0 Å². The second kappa shape index (κ2) is 6.06. The Labute approximate surface area is 144 Å². The summed E-state index contributed by atoms with van der Waals surface area (Å²) in [5, 5.41) is 1.25. The predicted molar refractivity (Wildman–Crippen MR) is 91.9 cm³/mol. The Bertz CT molecular complexity index is 768. The summed E-state index contributed by atoms with van der Waals surface area (Å²) >= 11 is 6.69. The topological polar surface area (TPSA) is 49.4 Å². The van der Waals surface area contributed by atoms with Crippen LogP contribution in [0.1, 0.15) is 5.56 Å². The fourth-order valence-electron chi connectivity index (χ4n) is 2.06. The number of benzene rings is 2. The number of nitrogens with zero attached hydrogens (tertiary/aromatic N) is 1. The highest BCUT2D eigenvalue weighted by Crippen LogP contribution is 2.23. The third kappa shape index (κ3) is 2.98. The van der Waals surface area contributed by atoms with Crippen LogP contribution in [-0.4, -0.2) is 11.8 Å². The zero-order valence-electron chi connectivity index (χ0n) is 11.2. The van der Waals surface area contributed by atoms with E-state index in [2.05, 4.69) is 37.3 Å². The summed E-state index contributed by atoms with van der Waals surface area (Å²) in [5.74, 6) is -0.772. The Kier molecular flexibility index (Phi) is 4.13. The molecule has 1 N–H and O–H groups in total. The van der Waals surface area contributed by atoms with Gasteiger partial charge in [0.1, 0.15) is 5.57 Å². The molecule has 1 fully saturated rings. The van der Waals surface area contributed by atoms with E-state index in [4.69, 9.17) is 0 Å². The minimum absolute atomic E-state index is 0.116. The molecule has 0 saturated carbocycles. The molecule has 0 aliphatic carbocycles. The number of carbonyl (C=O) groups is 2. The summed E-state index contributed by atoms with van der Waals surface area (Å²) in [5.41, 5.74) is 4.09. The lowest BCUT2D eigenvalue weighted by atomic mass is 10.1. The lowest BCUT2D eigenvalue weighted by molar-refractivity contribution is -0.117. The van der Waals surface area contributed by atoms with Crippen LogP contribution in [0.15, 0.2) is 63.0 Å². The van der Waals surface area contributed by atoms with Crippen LogP contribution in [0, 0.1) is 0 Å². The zero-order valence-corrected chi connectivity index (χ0v) is 14.4. The molecular weight excluding hydrogens is 412 g/mol. The first kappa shape index (κ1) is 15.0. The van der Waals surface area contributed by atoms with Crippen molar-refractivity contribution in [3.63, 3.8) is 0 Å². The summed E-state index contributed by atoms with van der Waals surface area (Å²) < 4.78 is 1.84. The second-order valence-corrected chi connectivity index (χ2v) is 6.50. The summed E-state index contributed by atoms with van der Waals surface area (Å²) in [4.78, 5) is 24.5. The van der Waals surface area contributed by atoms with Crippen molar-refractivity contribution in [1.82, 2.24) is 5.43 Å². The monoisotopic (exact) mass is 420 g/mol. The molecule has 1 aliphatic rings. The summed E-state index contributed by atoms with van der Waals surface area (Å²) in [6.07, 6.45) is 1.59. The third-order valence-corrected chi connectivity index (χ3v) is 4.21. The fraction of sp³-hybridized carbons (Fsp3) is 0. The zero-order chi connectivity index (χ0) is 15.7. The molecule has 6 heteroatoms. The maximum Gasteiger partial charge on any atom is 0.282 e. The van der Waals surface area contributed by atoms with Gasteiger partial charge in [-0.05, 0) is 48.0 Å². The molecule has 0 bridgehead atoms. The number of nitrogens with one attached hydrogen (secondary N) is 1. The van der Waals surface area contributed by atoms with Crippen LogP contribution in [-0.2, 0) is 9.59 Å². The van der Waals surface area contributed by atoms with E-state index in [0.29, 0.717) is 5.69 Å². The number of carbonyl (C=O) groups excluding carboxylic acids is 2. The van der Waals surface area contributed by atoms with Gasteiger partial charge in [-0.25, -0.2) is 5.01 Å². The average Bonchev–Trinajstić information content (AvgIpc) is 2.78. The molecule has 3 rings (SSSR count). The molecule has 0 aromatic heterocycles. The van der Waals surface area contributed by atoms with E-state index in [1.54, 1.807) is 18.2 Å². The van der Waals surface area contributed by atoms with Gasteiger partial charge in [-0.1, -0.05) is 44.0 Å². The van der Waals surface area contributed by atoms with Crippen molar-refractivity contribution >= 4 is 55.4 Å². The molecule has 4 nitrogen and oxygen atoms in total. The SMILES string of the molecule is O=C1NN(c2ccc(Br)cc2)C(=O)C1=Cc1ccc(Br)cc1. The molecule has 1 aliphatic heterocycles. The highest BCUT2D eigenvalue weighted by molar-refractivity contribution is 9.10. The molecule has 22 heavy (non-hydrogen) atoms. The van der Waals surface area contributed by atoms with Crippen LogP contribution >= 0.6 is 31.9 Å². The first-order valence-electron chi connectivity index (χ1n) is 6.43. The highest BCUT2D eigenvalue weighted by atomic mass is 79.9. The molecule has 110 valence electrons. The van der Waals surface area contributed by atoms with Crippen molar-refractivity contribution in [3.05, 3.63) is 68.6 Å². The van der Waals surface area contributed by atoms with E-state index in [0.717, 1.165) is 14.5 Å². The van der Waals surface area contributed by atoms with E-state index in [9.17, 15) is 9.59 Å². The molecule has 0 atom stereocenters. The number of anilines is 1. The first-order chi connectivity index (χ1) is 10.5. The van der Waals surface area contributed by atoms with Crippen molar-refractivity contribution in [2.75, 3.05) is 5.01 Å². The van der Waals surface area contributed by atoms with Crippen LogP contribution in [0.5, 0.6) is 0 Å². The van der Waals surface area contributed by atoms with Crippen LogP contribution < -0.4 is 10.4 Å². The number of halogens is 2. The largest absolute Gasteiger partial charge is 0.282 e. The Morgan fingerprint density at radius 2 is 1.41 bits per heavy atom. The molecule has 2 aromatic rings. The number of hydrazine groups is 1. The molecule has 2 aromatic carbocycles. The number of hydrogen-bond donors (Lipinski definition) is 1. The smallest absolute Gasteiger partial charge is 0.267 e. The van der Waals surface area contributed by atoms with Gasteiger partial charge in [-0.3, -0.25) is 15.0 Å². The van der Waals surface area contributed by atoms with Crippen molar-refractivity contribution in [1.29, 1.82) is 0 Å². The maximum absolute atomic E-state index is 12.4. The average molecular weight is 422 g/mol. The molecule has 2 amide bonds. The van der Waals surface area contributed by atoms with E-state index in [1.165, 1.54) is 5.01 Å². The molecule has 1 heterocycles. The lowest BCUT2D eigenvalue weighted by Crippen LogP contribution is -2.35. The quantitative estimate of drug-likeness (QED) is 0.594. The number of rotatable bonds is 2. The Balaban J connectivity index is 1.91. The molecular formula is C16H10Br2N2O2. The van der Waals surface area contributed by atoms with Gasteiger partial charge >= 0.3 is 0 Å². The van der Waals surface area contributed by atoms with Gasteiger partial charge in [0.25, 0.3) is 11.8 Å². The van der Waals surface area contributed by atoms with Gasteiger partial charge < -0.3 is 0 Å². The van der Waals surface area contributed by atoms with E-state index in [-0.39, 0.29) is 11.5 Å². The van der Waals surface area contributed by atoms with Gasteiger partial charge in [-0.15, -0.1) is 0 Å². The van der Waals surface area contributed by atoms with Crippen molar-refractivity contribution in [2.45, 2.75) is 0 Å². The van der Waals surface area contributed by atoms with Crippen molar-refractivity contribution in [3.8, 4) is 0 Å². The van der Waals surface area contributed by atoms with Gasteiger partial charge in [-0.2, -0.15) is 0 Å². The standard InChI is InChI=1S/C16H10Br2N2O2/c17-11-3-1-10(2-4-11)9-14-15(21)19-20(16(14)22)13-7-5-12(18)6-8-13/h1-9H,(H,19,21). The number of amides is 2. The van der Waals surface area contributed by atoms with Crippen LogP contribution in [0.3, 0.4) is 0 Å². The fourth-order valence-corrected chi connectivity index (χ4v) is 2.58. The molecule has 0 unspecified atom stereocenters. The lowest BCUT2D eigenvalue weighted by Gasteiger charge is -2.14. The minimum Gasteiger partial charge on any atom is -0.267 e. The Morgan fingerprint density at radius 3 is 2.00 bits per heavy atom. The van der Waals surface area contributed by atoms with Crippen molar-refractivity contribution in [2.24, 2.45) is 0 Å². The van der Waals surface area contributed by atoms with Gasteiger partial charge in [0.05, 0.1) is 5.69 Å². The van der Waals surface area contributed by atoms with Crippen molar-refractivity contribution < 1.29 is 9.59 Å². The summed E-state index contributed by atoms with van der Waals surface area (Å²) in [6, 6.07) is 14.5. The predicted octanol–water partition coefficient (Wildman–Crippen LogP) is 3.67. The van der Waals surface area contributed by atoms with E-state index >= 15 is 0 Å². The van der Waals surface area contributed by atoms with Gasteiger partial charge in [0, 0.05) is 8.95 Å². The van der Waals surface area contributed by atoms with E-state index < -0.39 is 5.91 Å². The Hall–Kier alpha value is -1.92.